The zero-order chi connectivity index (χ0) is 72.6. The van der Waals surface area contributed by atoms with Gasteiger partial charge < -0.3 is 13.6 Å². The van der Waals surface area contributed by atoms with Crippen molar-refractivity contribution >= 4 is 108 Å². The highest BCUT2D eigenvalue weighted by Crippen LogP contribution is 2.45. The fourth-order valence-corrected chi connectivity index (χ4v) is 17.2. The summed E-state index contributed by atoms with van der Waals surface area (Å²) in [5, 5.41) is 11.9. The van der Waals surface area contributed by atoms with Gasteiger partial charge in [0.05, 0.1) is 27.8 Å². The number of para-hydroxylation sites is 4. The molecule has 0 aliphatic rings. The van der Waals surface area contributed by atoms with Gasteiger partial charge in [-0.15, -0.1) is 11.3 Å². The largest absolute Gasteiger partial charge is 0.455 e. The van der Waals surface area contributed by atoms with Crippen molar-refractivity contribution in [3.8, 4) is 113 Å². The SMILES string of the molecule is c1ccc(-c2ccc(-c3nc(-c4ccccc4)nc(-c4cccc(-n5c6ccccc6c6cc(-c7cccc8c7sc7ccccc78)ccc65)c4)n3)cc2)cc1.c1ccc(-c2nc(-c3ccccc3)nc(-c3ccc(-n4c5ccccc5c5cc(-c6cccc7c6oc6ccccc67)ccc54)c4ccccc34)n2)cc1. The summed E-state index contributed by atoms with van der Waals surface area (Å²) in [5.74, 6) is 3.82. The molecule has 0 fully saturated rings. The van der Waals surface area contributed by atoms with E-state index in [1.54, 1.807) is 0 Å². The van der Waals surface area contributed by atoms with Gasteiger partial charge in [-0.2, -0.15) is 0 Å². The van der Waals surface area contributed by atoms with E-state index in [4.69, 9.17) is 34.3 Å². The molecule has 16 aromatic carbocycles. The van der Waals surface area contributed by atoms with Crippen molar-refractivity contribution in [2.75, 3.05) is 0 Å². The van der Waals surface area contributed by atoms with Crippen LogP contribution in [-0.4, -0.2) is 39.0 Å². The molecule has 0 radical (unpaired) electrons. The van der Waals surface area contributed by atoms with Crippen molar-refractivity contribution in [1.29, 1.82) is 0 Å². The highest BCUT2D eigenvalue weighted by molar-refractivity contribution is 7.26. The number of nitrogens with zero attached hydrogens (tertiary/aromatic N) is 8. The van der Waals surface area contributed by atoms with Crippen molar-refractivity contribution in [2.24, 2.45) is 0 Å². The molecule has 0 atom stereocenters. The molecule has 6 aromatic heterocycles. The highest BCUT2D eigenvalue weighted by atomic mass is 32.1. The number of fused-ring (bicyclic) bond motifs is 13. The Hall–Kier alpha value is -14.6. The molecule has 9 nitrogen and oxygen atoms in total. The Labute approximate surface area is 636 Å². The van der Waals surface area contributed by atoms with Gasteiger partial charge in [-0.25, -0.2) is 29.9 Å². The number of hydrogen-bond acceptors (Lipinski definition) is 8. The first-order chi connectivity index (χ1) is 54.5. The summed E-state index contributed by atoms with van der Waals surface area (Å²) >= 11 is 1.87. The lowest BCUT2D eigenvalue weighted by Gasteiger charge is -2.15. The summed E-state index contributed by atoms with van der Waals surface area (Å²) in [6, 6.07) is 132. The minimum atomic E-state index is 0.627. The van der Waals surface area contributed by atoms with Gasteiger partial charge >= 0.3 is 0 Å². The number of furan rings is 1. The number of aromatic nitrogens is 8. The second kappa shape index (κ2) is 26.8. The summed E-state index contributed by atoms with van der Waals surface area (Å²) in [7, 11) is 0. The third kappa shape index (κ3) is 11.2. The lowest BCUT2D eigenvalue weighted by Crippen LogP contribution is -2.01. The number of hydrogen-bond donors (Lipinski definition) is 0. The van der Waals surface area contributed by atoms with Gasteiger partial charge in [0.25, 0.3) is 0 Å². The van der Waals surface area contributed by atoms with Gasteiger partial charge in [0.1, 0.15) is 11.2 Å². The van der Waals surface area contributed by atoms with Gasteiger partial charge in [-0.05, 0) is 106 Å². The molecule has 0 saturated carbocycles. The van der Waals surface area contributed by atoms with E-state index in [2.05, 4.69) is 276 Å². The summed E-state index contributed by atoms with van der Waals surface area (Å²) < 4.78 is 13.8. The molecule has 110 heavy (non-hydrogen) atoms. The van der Waals surface area contributed by atoms with Crippen LogP contribution in [0.1, 0.15) is 0 Å². The lowest BCUT2D eigenvalue weighted by atomic mass is 10.00. The van der Waals surface area contributed by atoms with Crippen LogP contribution in [0.2, 0.25) is 0 Å². The van der Waals surface area contributed by atoms with Gasteiger partial charge in [0, 0.05) is 103 Å². The molecule has 0 unspecified atom stereocenters. The Morgan fingerprint density at radius 1 is 0.218 bits per heavy atom. The first kappa shape index (κ1) is 63.9. The fourth-order valence-electron chi connectivity index (χ4n) is 15.9. The first-order valence-electron chi connectivity index (χ1n) is 36.9. The normalized spacial score (nSPS) is 11.6. The van der Waals surface area contributed by atoms with E-state index in [1.165, 1.54) is 58.4 Å². The zero-order valence-corrected chi connectivity index (χ0v) is 60.0. The second-order valence-electron chi connectivity index (χ2n) is 27.6. The van der Waals surface area contributed by atoms with E-state index in [9.17, 15) is 0 Å². The zero-order valence-electron chi connectivity index (χ0n) is 59.2. The molecule has 22 aromatic rings. The smallest absolute Gasteiger partial charge is 0.164 e. The quantitative estimate of drug-likeness (QED) is 0.127. The van der Waals surface area contributed by atoms with Gasteiger partial charge in [0.15, 0.2) is 34.9 Å². The van der Waals surface area contributed by atoms with E-state index in [0.717, 1.165) is 116 Å². The minimum Gasteiger partial charge on any atom is -0.455 e. The molecule has 10 heteroatoms. The van der Waals surface area contributed by atoms with E-state index < -0.39 is 0 Å². The molecular formula is C100H62N8OS. The van der Waals surface area contributed by atoms with Crippen LogP contribution in [0, 0.1) is 0 Å². The van der Waals surface area contributed by atoms with Crippen molar-refractivity contribution in [3.05, 3.63) is 376 Å². The number of benzene rings is 16. The number of rotatable bonds is 11. The van der Waals surface area contributed by atoms with Crippen molar-refractivity contribution in [2.45, 2.75) is 0 Å². The summed E-state index contributed by atoms with van der Waals surface area (Å²) in [6.45, 7) is 0. The Morgan fingerprint density at radius 3 is 1.25 bits per heavy atom. The third-order valence-corrected chi connectivity index (χ3v) is 22.4. The molecule has 6 heterocycles. The van der Waals surface area contributed by atoms with E-state index in [0.29, 0.717) is 34.9 Å². The van der Waals surface area contributed by atoms with Crippen LogP contribution in [0.25, 0.3) is 210 Å². The molecule has 0 saturated heterocycles. The minimum absolute atomic E-state index is 0.627. The molecule has 0 aliphatic heterocycles. The third-order valence-electron chi connectivity index (χ3n) is 21.1. The Kier molecular flexibility index (Phi) is 15.5. The van der Waals surface area contributed by atoms with Crippen LogP contribution < -0.4 is 0 Å². The van der Waals surface area contributed by atoms with Crippen LogP contribution >= 0.6 is 11.3 Å². The molecule has 0 spiro atoms. The van der Waals surface area contributed by atoms with E-state index >= 15 is 0 Å². The molecular weight excluding hydrogens is 1360 g/mol. The average molecular weight is 1420 g/mol. The van der Waals surface area contributed by atoms with Crippen LogP contribution in [0.3, 0.4) is 0 Å². The van der Waals surface area contributed by atoms with Gasteiger partial charge in [-0.3, -0.25) is 0 Å². The molecule has 0 aliphatic carbocycles. The maximum atomic E-state index is 6.45. The van der Waals surface area contributed by atoms with Gasteiger partial charge in [-0.1, -0.05) is 303 Å². The predicted octanol–water partition coefficient (Wildman–Crippen LogP) is 26.4. The van der Waals surface area contributed by atoms with Crippen molar-refractivity contribution < 1.29 is 4.42 Å². The average Bonchev–Trinajstić information content (AvgIpc) is 1.57. The molecule has 514 valence electrons. The van der Waals surface area contributed by atoms with Crippen molar-refractivity contribution in [1.82, 2.24) is 39.0 Å². The molecule has 22 rings (SSSR count). The number of thiophene rings is 1. The Balaban J connectivity index is 0.000000140. The maximum absolute atomic E-state index is 6.45. The Bertz CT molecular complexity index is 7280. The highest BCUT2D eigenvalue weighted by Gasteiger charge is 2.23. The summed E-state index contributed by atoms with van der Waals surface area (Å²) in [5.41, 5.74) is 21.2. The van der Waals surface area contributed by atoms with E-state index in [-0.39, 0.29) is 0 Å². The monoisotopic (exact) mass is 1420 g/mol. The van der Waals surface area contributed by atoms with Crippen LogP contribution in [0.15, 0.2) is 381 Å². The maximum Gasteiger partial charge on any atom is 0.164 e. The summed E-state index contributed by atoms with van der Waals surface area (Å²) in [6.07, 6.45) is 0. The second-order valence-corrected chi connectivity index (χ2v) is 28.7. The lowest BCUT2D eigenvalue weighted by molar-refractivity contribution is 0.670. The standard InChI is InChI=1S/C51H32N4S.C49H30N4O/c1-3-13-33(14-4-1)34-25-27-36(28-26-34)50-52-49(35-15-5-2-6-16-35)53-51(54-50)38-17-11-18-39(31-38)55-45-23-9-7-19-41(45)44-32-37(29-30-46(44)55)40-21-12-22-43-42-20-8-10-24-47(42)56-48(40)43;1-3-14-31(15-4-1)47-50-48(32-16-5-2-6-17-32)52-49(51-47)40-27-29-43(36-19-8-7-18-35(36)40)53-42-24-11-9-20-37(42)41-30-33(26-28-44(41)53)34-22-13-23-39-38-21-10-12-25-45(38)54-46(34)39/h1-32H;1-30H. The predicted molar refractivity (Wildman–Crippen MR) is 455 cm³/mol. The molecule has 0 amide bonds. The Morgan fingerprint density at radius 2 is 0.627 bits per heavy atom. The fraction of sp³-hybridized carbons (Fsp3) is 0. The van der Waals surface area contributed by atoms with Crippen LogP contribution in [0.5, 0.6) is 0 Å². The van der Waals surface area contributed by atoms with E-state index in [1.807, 2.05) is 121 Å². The first-order valence-corrected chi connectivity index (χ1v) is 37.7. The van der Waals surface area contributed by atoms with Crippen LogP contribution in [-0.2, 0) is 0 Å². The molecule has 0 N–H and O–H groups in total. The van der Waals surface area contributed by atoms with Gasteiger partial charge in [0.2, 0.25) is 0 Å². The topological polar surface area (TPSA) is 100 Å². The van der Waals surface area contributed by atoms with Crippen molar-refractivity contribution in [3.63, 3.8) is 0 Å². The summed E-state index contributed by atoms with van der Waals surface area (Å²) in [4.78, 5) is 30.3. The molecule has 0 bridgehead atoms. The van der Waals surface area contributed by atoms with Crippen LogP contribution in [0.4, 0.5) is 0 Å².